The predicted molar refractivity (Wildman–Crippen MR) is 76.0 cm³/mol. The average Bonchev–Trinajstić information content (AvgIpc) is 2.43. The topological polar surface area (TPSA) is 60.2 Å². The molecule has 0 N–H and O–H groups in total. The van der Waals surface area contributed by atoms with Crippen molar-refractivity contribution in [2.24, 2.45) is 5.92 Å². The Kier molecular flexibility index (Phi) is 4.86. The molecule has 0 atom stereocenters. The van der Waals surface area contributed by atoms with Crippen molar-refractivity contribution in [2.45, 2.75) is 38.5 Å². The number of hydrogen-bond acceptors (Lipinski definition) is 3. The van der Waals surface area contributed by atoms with Crippen molar-refractivity contribution < 1.29 is 14.1 Å². The number of Topliss-reactive ketones (excluding diaryl/α,β-unsaturated/α-hetero) is 1. The van der Waals surface area contributed by atoms with Crippen molar-refractivity contribution in [2.75, 3.05) is 0 Å². The molecule has 20 heavy (non-hydrogen) atoms. The first-order valence-corrected chi connectivity index (χ1v) is 7.43. The van der Waals surface area contributed by atoms with Crippen molar-refractivity contribution >= 4 is 27.4 Å². The van der Waals surface area contributed by atoms with Gasteiger partial charge in [-0.25, -0.2) is 4.39 Å². The maximum Gasteiger partial charge on any atom is 0.273 e. The first-order valence-electron chi connectivity index (χ1n) is 6.64. The minimum absolute atomic E-state index is 0.00485. The third kappa shape index (κ3) is 3.42. The first-order chi connectivity index (χ1) is 9.49. The van der Waals surface area contributed by atoms with Gasteiger partial charge in [0.25, 0.3) is 5.69 Å². The van der Waals surface area contributed by atoms with Crippen LogP contribution in [-0.2, 0) is 11.2 Å². The Hall–Kier alpha value is -1.30. The van der Waals surface area contributed by atoms with Crippen LogP contribution in [0.5, 0.6) is 0 Å². The smallest absolute Gasteiger partial charge is 0.273 e. The van der Waals surface area contributed by atoms with E-state index in [1.54, 1.807) is 0 Å². The molecule has 1 aromatic carbocycles. The fourth-order valence-electron chi connectivity index (χ4n) is 2.61. The molecule has 0 bridgehead atoms. The van der Waals surface area contributed by atoms with E-state index in [9.17, 15) is 19.3 Å². The van der Waals surface area contributed by atoms with Crippen LogP contribution in [-0.4, -0.2) is 10.7 Å². The van der Waals surface area contributed by atoms with E-state index in [2.05, 4.69) is 15.9 Å². The fraction of sp³-hybridized carbons (Fsp3) is 0.500. The number of nitrogens with zero attached hydrogens (tertiary/aromatic N) is 1. The van der Waals surface area contributed by atoms with Crippen molar-refractivity contribution in [3.05, 3.63) is 38.1 Å². The van der Waals surface area contributed by atoms with E-state index in [1.807, 2.05) is 0 Å². The van der Waals surface area contributed by atoms with Gasteiger partial charge in [-0.2, -0.15) is 0 Å². The monoisotopic (exact) mass is 343 g/mol. The molecule has 0 radical (unpaired) electrons. The lowest BCUT2D eigenvalue weighted by Crippen LogP contribution is -2.20. The van der Waals surface area contributed by atoms with Gasteiger partial charge < -0.3 is 0 Å². The summed E-state index contributed by atoms with van der Waals surface area (Å²) in [5, 5.41) is 10.6. The van der Waals surface area contributed by atoms with Crippen LogP contribution in [0.15, 0.2) is 16.6 Å². The number of nitro benzene ring substituents is 1. The molecule has 4 nitrogen and oxygen atoms in total. The first kappa shape index (κ1) is 15.1. The number of halogens is 2. The molecule has 2 rings (SSSR count). The molecule has 0 amide bonds. The van der Waals surface area contributed by atoms with Crippen molar-refractivity contribution in [1.82, 2.24) is 0 Å². The van der Waals surface area contributed by atoms with Crippen molar-refractivity contribution in [3.63, 3.8) is 0 Å². The van der Waals surface area contributed by atoms with E-state index < -0.39 is 10.7 Å². The number of non-ortho nitro benzene ring substituents is 1. The van der Waals surface area contributed by atoms with Gasteiger partial charge in [-0.05, 0) is 12.8 Å². The summed E-state index contributed by atoms with van der Waals surface area (Å²) in [5.41, 5.74) is -0.102. The Morgan fingerprint density at radius 3 is 2.55 bits per heavy atom. The number of ketones is 1. The SMILES string of the molecule is O=C(Cc1c(F)cc([N+](=O)[O-])cc1Br)C1CCCCC1. The van der Waals surface area contributed by atoms with Crippen molar-refractivity contribution in [3.8, 4) is 0 Å². The molecule has 1 saturated carbocycles. The molecular formula is C14H15BrFNO3. The highest BCUT2D eigenvalue weighted by Crippen LogP contribution is 2.30. The summed E-state index contributed by atoms with van der Waals surface area (Å²) in [7, 11) is 0. The van der Waals surface area contributed by atoms with E-state index in [-0.39, 0.29) is 33.8 Å². The van der Waals surface area contributed by atoms with Crippen LogP contribution >= 0.6 is 15.9 Å². The predicted octanol–water partition coefficient (Wildman–Crippen LogP) is 4.19. The molecule has 0 spiro atoms. The quantitative estimate of drug-likeness (QED) is 0.608. The lowest BCUT2D eigenvalue weighted by Gasteiger charge is -2.20. The highest BCUT2D eigenvalue weighted by atomic mass is 79.9. The molecule has 108 valence electrons. The van der Waals surface area contributed by atoms with Crippen LogP contribution in [0, 0.1) is 21.8 Å². The maximum atomic E-state index is 13.9. The molecule has 6 heteroatoms. The van der Waals surface area contributed by atoms with Gasteiger partial charge in [0.05, 0.1) is 11.0 Å². The van der Waals surface area contributed by atoms with Gasteiger partial charge in [0, 0.05) is 28.4 Å². The average molecular weight is 344 g/mol. The van der Waals surface area contributed by atoms with E-state index >= 15 is 0 Å². The third-order valence-corrected chi connectivity index (χ3v) is 4.46. The molecule has 0 heterocycles. The van der Waals surface area contributed by atoms with E-state index in [1.165, 1.54) is 6.07 Å². The Balaban J connectivity index is 2.16. The molecule has 0 unspecified atom stereocenters. The van der Waals surface area contributed by atoms with Gasteiger partial charge in [0.1, 0.15) is 11.6 Å². The zero-order chi connectivity index (χ0) is 14.7. The van der Waals surface area contributed by atoms with Crippen LogP contribution in [0.1, 0.15) is 37.7 Å². The summed E-state index contributed by atoms with van der Waals surface area (Å²) in [6.45, 7) is 0. The van der Waals surface area contributed by atoms with E-state index in [0.717, 1.165) is 38.2 Å². The molecule has 0 saturated heterocycles. The minimum Gasteiger partial charge on any atom is -0.299 e. The highest BCUT2D eigenvalue weighted by molar-refractivity contribution is 9.10. The number of benzene rings is 1. The number of carbonyl (C=O) groups is 1. The second-order valence-corrected chi connectivity index (χ2v) is 5.98. The zero-order valence-corrected chi connectivity index (χ0v) is 12.5. The molecule has 1 fully saturated rings. The Morgan fingerprint density at radius 1 is 1.35 bits per heavy atom. The van der Waals surface area contributed by atoms with Gasteiger partial charge in [-0.1, -0.05) is 35.2 Å². The highest BCUT2D eigenvalue weighted by Gasteiger charge is 2.24. The zero-order valence-electron chi connectivity index (χ0n) is 10.9. The number of carbonyl (C=O) groups excluding carboxylic acids is 1. The third-order valence-electron chi connectivity index (χ3n) is 3.75. The van der Waals surface area contributed by atoms with Crippen LogP contribution < -0.4 is 0 Å². The minimum atomic E-state index is -0.699. The number of rotatable bonds is 4. The summed E-state index contributed by atoms with van der Waals surface area (Å²) < 4.78 is 14.2. The fourth-order valence-corrected chi connectivity index (χ4v) is 3.17. The van der Waals surface area contributed by atoms with Gasteiger partial charge in [0.15, 0.2) is 0 Å². The van der Waals surface area contributed by atoms with Gasteiger partial charge in [-0.15, -0.1) is 0 Å². The van der Waals surface area contributed by atoms with Crippen LogP contribution in [0.3, 0.4) is 0 Å². The number of nitro groups is 1. The van der Waals surface area contributed by atoms with Gasteiger partial charge in [-0.3, -0.25) is 14.9 Å². The lowest BCUT2D eigenvalue weighted by molar-refractivity contribution is -0.385. The summed E-state index contributed by atoms with van der Waals surface area (Å²) in [4.78, 5) is 22.2. The normalized spacial score (nSPS) is 16.1. The molecule has 0 aliphatic heterocycles. The molecule has 0 aromatic heterocycles. The second kappa shape index (κ2) is 6.43. The maximum absolute atomic E-state index is 13.9. The van der Waals surface area contributed by atoms with Crippen molar-refractivity contribution in [1.29, 1.82) is 0 Å². The largest absolute Gasteiger partial charge is 0.299 e. The van der Waals surface area contributed by atoms with Crippen LogP contribution in [0.4, 0.5) is 10.1 Å². The van der Waals surface area contributed by atoms with Gasteiger partial charge >= 0.3 is 0 Å². The second-order valence-electron chi connectivity index (χ2n) is 5.12. The van der Waals surface area contributed by atoms with Crippen LogP contribution in [0.2, 0.25) is 0 Å². The molecular weight excluding hydrogens is 329 g/mol. The Labute approximate surface area is 124 Å². The Morgan fingerprint density at radius 2 is 2.00 bits per heavy atom. The number of hydrogen-bond donors (Lipinski definition) is 0. The van der Waals surface area contributed by atoms with Gasteiger partial charge in [0.2, 0.25) is 0 Å². The summed E-state index contributed by atoms with van der Waals surface area (Å²) in [5.74, 6) is -0.668. The Bertz CT molecular complexity index is 518. The molecule has 1 aliphatic rings. The molecule has 1 aliphatic carbocycles. The van der Waals surface area contributed by atoms with Crippen LogP contribution in [0.25, 0.3) is 0 Å². The summed E-state index contributed by atoms with van der Waals surface area (Å²) in [6.07, 6.45) is 4.96. The van der Waals surface area contributed by atoms with E-state index in [0.29, 0.717) is 0 Å². The molecule has 1 aromatic rings. The standard InChI is InChI=1S/C14H15BrFNO3/c15-12-6-10(17(19)20)7-13(16)11(12)8-14(18)9-4-2-1-3-5-9/h6-7,9H,1-5,8H2. The van der Waals surface area contributed by atoms with E-state index in [4.69, 9.17) is 0 Å². The summed E-state index contributed by atoms with van der Waals surface area (Å²) in [6, 6.07) is 2.11. The summed E-state index contributed by atoms with van der Waals surface area (Å²) >= 11 is 3.12. The lowest BCUT2D eigenvalue weighted by atomic mass is 9.84.